The van der Waals surface area contributed by atoms with Crippen molar-refractivity contribution in [1.29, 1.82) is 0 Å². The van der Waals surface area contributed by atoms with Gasteiger partial charge in [-0.1, -0.05) is 24.3 Å². The molecule has 0 radical (unpaired) electrons. The zero-order chi connectivity index (χ0) is 14.1. The second-order valence-electron chi connectivity index (χ2n) is 4.90. The first-order chi connectivity index (χ1) is 9.13. The van der Waals surface area contributed by atoms with Gasteiger partial charge in [0.1, 0.15) is 6.04 Å². The Morgan fingerprint density at radius 1 is 1.05 bits per heavy atom. The van der Waals surface area contributed by atoms with Crippen LogP contribution in [0.25, 0.3) is 0 Å². The first-order valence-corrected chi connectivity index (χ1v) is 6.89. The van der Waals surface area contributed by atoms with Gasteiger partial charge < -0.3 is 16.6 Å². The molecule has 0 saturated heterocycles. The number of unbranched alkanes of at least 4 members (excludes halogenated alkanes) is 1. The Morgan fingerprint density at radius 2 is 1.58 bits per heavy atom. The number of benzene rings is 1. The molecule has 4 heteroatoms. The molecule has 0 aliphatic carbocycles. The number of carboxylic acids is 1. The molecule has 1 rings (SSSR count). The number of nitrogens with two attached hydrogens (primary N) is 2. The third-order valence-electron chi connectivity index (χ3n) is 3.24. The molecule has 0 amide bonds. The fourth-order valence-corrected chi connectivity index (χ4v) is 2.00. The van der Waals surface area contributed by atoms with Gasteiger partial charge in [0.2, 0.25) is 0 Å². The van der Waals surface area contributed by atoms with E-state index in [1.165, 1.54) is 11.1 Å². The minimum atomic E-state index is -0.921. The van der Waals surface area contributed by atoms with E-state index in [0.29, 0.717) is 6.42 Å². The Kier molecular flexibility index (Phi) is 7.15. The topological polar surface area (TPSA) is 89.3 Å². The van der Waals surface area contributed by atoms with E-state index < -0.39 is 12.0 Å². The van der Waals surface area contributed by atoms with Crippen LogP contribution in [0, 0.1) is 0 Å². The molecular weight excluding hydrogens is 240 g/mol. The maximum absolute atomic E-state index is 10.6. The molecule has 0 aliphatic rings. The van der Waals surface area contributed by atoms with Crippen molar-refractivity contribution < 1.29 is 9.90 Å². The van der Waals surface area contributed by atoms with Crippen LogP contribution >= 0.6 is 0 Å². The Bertz CT molecular complexity index is 376. The summed E-state index contributed by atoms with van der Waals surface area (Å²) in [7, 11) is 0. The fourth-order valence-electron chi connectivity index (χ4n) is 2.00. The Morgan fingerprint density at radius 3 is 2.05 bits per heavy atom. The molecule has 0 heterocycles. The number of aryl methyl sites for hydroxylation is 2. The van der Waals surface area contributed by atoms with E-state index in [0.717, 1.165) is 38.6 Å². The van der Waals surface area contributed by atoms with E-state index in [4.69, 9.17) is 16.6 Å². The van der Waals surface area contributed by atoms with Crippen molar-refractivity contribution in [2.45, 2.75) is 44.6 Å². The third-order valence-corrected chi connectivity index (χ3v) is 3.24. The van der Waals surface area contributed by atoms with Gasteiger partial charge in [0.05, 0.1) is 0 Å². The van der Waals surface area contributed by atoms with Crippen LogP contribution in [0.2, 0.25) is 0 Å². The highest BCUT2D eigenvalue weighted by atomic mass is 16.4. The summed E-state index contributed by atoms with van der Waals surface area (Å²) in [6.07, 6.45) is 5.47. The average molecular weight is 264 g/mol. The summed E-state index contributed by atoms with van der Waals surface area (Å²) in [4.78, 5) is 10.6. The van der Waals surface area contributed by atoms with Crippen molar-refractivity contribution in [3.8, 4) is 0 Å². The molecule has 0 aromatic heterocycles. The van der Waals surface area contributed by atoms with Crippen molar-refractivity contribution >= 4 is 5.97 Å². The smallest absolute Gasteiger partial charge is 0.320 e. The zero-order valence-electron chi connectivity index (χ0n) is 11.3. The van der Waals surface area contributed by atoms with Crippen LogP contribution < -0.4 is 11.5 Å². The van der Waals surface area contributed by atoms with Gasteiger partial charge in [0, 0.05) is 0 Å². The van der Waals surface area contributed by atoms with E-state index in [1.807, 2.05) is 0 Å². The normalized spacial score (nSPS) is 12.3. The molecule has 5 N–H and O–H groups in total. The van der Waals surface area contributed by atoms with Crippen LogP contribution in [0.5, 0.6) is 0 Å². The highest BCUT2D eigenvalue weighted by molar-refractivity contribution is 5.72. The van der Waals surface area contributed by atoms with Gasteiger partial charge >= 0.3 is 5.97 Å². The molecule has 0 aliphatic heterocycles. The summed E-state index contributed by atoms with van der Waals surface area (Å²) in [5.74, 6) is -0.921. The highest BCUT2D eigenvalue weighted by Gasteiger charge is 2.10. The second-order valence-corrected chi connectivity index (χ2v) is 4.90. The van der Waals surface area contributed by atoms with Crippen LogP contribution in [0.3, 0.4) is 0 Å². The average Bonchev–Trinajstić information content (AvgIpc) is 2.40. The summed E-state index contributed by atoms with van der Waals surface area (Å²) in [6, 6.07) is 7.77. The molecule has 0 bridgehead atoms. The lowest BCUT2D eigenvalue weighted by Crippen LogP contribution is -2.29. The molecule has 106 valence electrons. The second kappa shape index (κ2) is 8.67. The van der Waals surface area contributed by atoms with E-state index in [1.54, 1.807) is 0 Å². The SMILES string of the molecule is NCCCCc1ccc(CCC[C@@H](N)C(=O)O)cc1. The van der Waals surface area contributed by atoms with Crippen LogP contribution in [-0.4, -0.2) is 23.7 Å². The number of carbonyl (C=O) groups is 1. The van der Waals surface area contributed by atoms with Crippen LogP contribution in [0.1, 0.15) is 36.8 Å². The zero-order valence-corrected chi connectivity index (χ0v) is 11.3. The van der Waals surface area contributed by atoms with E-state index in [2.05, 4.69) is 24.3 Å². The van der Waals surface area contributed by atoms with E-state index in [9.17, 15) is 4.79 Å². The highest BCUT2D eigenvalue weighted by Crippen LogP contribution is 2.10. The molecule has 0 saturated carbocycles. The Labute approximate surface area is 114 Å². The number of aliphatic carboxylic acids is 1. The van der Waals surface area contributed by atoms with Crippen LogP contribution in [-0.2, 0) is 17.6 Å². The fraction of sp³-hybridized carbons (Fsp3) is 0.533. The quantitative estimate of drug-likeness (QED) is 0.592. The largest absolute Gasteiger partial charge is 0.480 e. The lowest BCUT2D eigenvalue weighted by molar-refractivity contribution is -0.138. The van der Waals surface area contributed by atoms with Crippen LogP contribution in [0.15, 0.2) is 24.3 Å². The number of hydrogen-bond donors (Lipinski definition) is 3. The molecule has 1 aromatic rings. The van der Waals surface area contributed by atoms with Gasteiger partial charge in [-0.2, -0.15) is 0 Å². The van der Waals surface area contributed by atoms with E-state index >= 15 is 0 Å². The molecule has 0 spiro atoms. The number of rotatable bonds is 9. The predicted octanol–water partition coefficient (Wildman–Crippen LogP) is 1.70. The molecule has 0 fully saturated rings. The number of hydrogen-bond acceptors (Lipinski definition) is 3. The summed E-state index contributed by atoms with van der Waals surface area (Å²) in [6.45, 7) is 0.752. The Balaban J connectivity index is 2.30. The van der Waals surface area contributed by atoms with Crippen molar-refractivity contribution in [2.24, 2.45) is 11.5 Å². The monoisotopic (exact) mass is 264 g/mol. The summed E-state index contributed by atoms with van der Waals surface area (Å²) in [5, 5.41) is 8.68. The van der Waals surface area contributed by atoms with Gasteiger partial charge in [-0.3, -0.25) is 4.79 Å². The van der Waals surface area contributed by atoms with Crippen molar-refractivity contribution in [1.82, 2.24) is 0 Å². The molecule has 1 atom stereocenters. The standard InChI is InChI=1S/C15H24N2O2/c16-11-2-1-4-12-7-9-13(10-8-12)5-3-6-14(17)15(18)19/h7-10,14H,1-6,11,16-17H2,(H,18,19)/t14-/m1/s1. The van der Waals surface area contributed by atoms with Gasteiger partial charge in [-0.25, -0.2) is 0 Å². The maximum atomic E-state index is 10.6. The minimum absolute atomic E-state index is 0.521. The molecule has 0 unspecified atom stereocenters. The van der Waals surface area contributed by atoms with Crippen molar-refractivity contribution in [2.75, 3.05) is 6.54 Å². The first-order valence-electron chi connectivity index (χ1n) is 6.89. The summed E-state index contributed by atoms with van der Waals surface area (Å²) >= 11 is 0. The van der Waals surface area contributed by atoms with Gasteiger partial charge in [-0.15, -0.1) is 0 Å². The van der Waals surface area contributed by atoms with Gasteiger partial charge in [-0.05, 0) is 56.2 Å². The van der Waals surface area contributed by atoms with Crippen molar-refractivity contribution in [3.05, 3.63) is 35.4 Å². The van der Waals surface area contributed by atoms with Gasteiger partial charge in [0.15, 0.2) is 0 Å². The third kappa shape index (κ3) is 6.36. The molecule has 1 aromatic carbocycles. The van der Waals surface area contributed by atoms with Crippen molar-refractivity contribution in [3.63, 3.8) is 0 Å². The Hall–Kier alpha value is -1.39. The van der Waals surface area contributed by atoms with Gasteiger partial charge in [0.25, 0.3) is 0 Å². The lowest BCUT2D eigenvalue weighted by Gasteiger charge is -2.07. The number of carboxylic acid groups (broad SMARTS) is 1. The van der Waals surface area contributed by atoms with Crippen LogP contribution in [0.4, 0.5) is 0 Å². The first kappa shape index (κ1) is 15.7. The summed E-state index contributed by atoms with van der Waals surface area (Å²) < 4.78 is 0. The minimum Gasteiger partial charge on any atom is -0.480 e. The summed E-state index contributed by atoms with van der Waals surface area (Å²) in [5.41, 5.74) is 13.5. The molecular formula is C15H24N2O2. The maximum Gasteiger partial charge on any atom is 0.320 e. The molecule has 19 heavy (non-hydrogen) atoms. The predicted molar refractivity (Wildman–Crippen MR) is 77.0 cm³/mol. The van der Waals surface area contributed by atoms with E-state index in [-0.39, 0.29) is 0 Å². The molecule has 4 nitrogen and oxygen atoms in total. The lowest BCUT2D eigenvalue weighted by atomic mass is 10.0.